The van der Waals surface area contributed by atoms with Gasteiger partial charge in [-0.2, -0.15) is 4.83 Å². The van der Waals surface area contributed by atoms with Crippen molar-refractivity contribution in [1.29, 1.82) is 0 Å². The monoisotopic (exact) mass is 154 g/mol. The fourth-order valence-electron chi connectivity index (χ4n) is 0.598. The van der Waals surface area contributed by atoms with Crippen molar-refractivity contribution in [3.63, 3.8) is 0 Å². The van der Waals surface area contributed by atoms with E-state index in [1.165, 1.54) is 4.90 Å². The number of hydrogen-bond acceptors (Lipinski definition) is 3. The van der Waals surface area contributed by atoms with Gasteiger partial charge in [-0.1, -0.05) is 18.2 Å². The Morgan fingerprint density at radius 3 is 2.50 bits per heavy atom. The Morgan fingerprint density at radius 2 is 1.90 bits per heavy atom. The fraction of sp³-hybridized carbons (Fsp3) is 0.143. The minimum atomic E-state index is 1.21. The molecule has 1 aromatic rings. The first-order chi connectivity index (χ1) is 4.93. The topological polar surface area (TPSA) is 24.1 Å². The van der Waals surface area contributed by atoms with Crippen molar-refractivity contribution >= 4 is 11.9 Å². The molecular formula is C7H10N2S. The van der Waals surface area contributed by atoms with E-state index in [1.807, 2.05) is 25.2 Å². The molecule has 3 heteroatoms. The van der Waals surface area contributed by atoms with Crippen molar-refractivity contribution in [3.05, 3.63) is 30.3 Å². The summed E-state index contributed by atoms with van der Waals surface area (Å²) in [5, 5.41) is 0. The van der Waals surface area contributed by atoms with Gasteiger partial charge in [0.1, 0.15) is 0 Å². The summed E-state index contributed by atoms with van der Waals surface area (Å²) in [6.07, 6.45) is 0. The molecule has 0 bridgehead atoms. The molecule has 0 radical (unpaired) electrons. The molecule has 2 nitrogen and oxygen atoms in total. The van der Waals surface area contributed by atoms with Crippen molar-refractivity contribution in [2.24, 2.45) is 0 Å². The molecule has 0 aliphatic rings. The lowest BCUT2D eigenvalue weighted by Crippen LogP contribution is -2.18. The van der Waals surface area contributed by atoms with Gasteiger partial charge in [-0.25, -0.2) is 0 Å². The van der Waals surface area contributed by atoms with Gasteiger partial charge in [0.05, 0.1) is 0 Å². The molecule has 0 aromatic heterocycles. The van der Waals surface area contributed by atoms with Crippen LogP contribution in [0.4, 0.5) is 0 Å². The first-order valence-corrected chi connectivity index (χ1v) is 3.89. The van der Waals surface area contributed by atoms with Crippen molar-refractivity contribution in [1.82, 2.24) is 10.3 Å². The van der Waals surface area contributed by atoms with Crippen LogP contribution in [0.1, 0.15) is 0 Å². The Hall–Kier alpha value is -0.510. The molecule has 0 amide bonds. The molecular weight excluding hydrogens is 144 g/mol. The maximum Gasteiger partial charge on any atom is 0.0240 e. The van der Waals surface area contributed by atoms with E-state index in [1.54, 1.807) is 11.9 Å². The van der Waals surface area contributed by atoms with Gasteiger partial charge in [0, 0.05) is 4.90 Å². The SMILES string of the molecule is CNNSc1ccccc1. The second kappa shape index (κ2) is 4.33. The highest BCUT2D eigenvalue weighted by atomic mass is 32.2. The molecule has 0 aliphatic carbocycles. The normalized spacial score (nSPS) is 9.70. The zero-order valence-electron chi connectivity index (χ0n) is 5.79. The maximum absolute atomic E-state index is 2.93. The van der Waals surface area contributed by atoms with Crippen LogP contribution in [0.15, 0.2) is 35.2 Å². The van der Waals surface area contributed by atoms with Gasteiger partial charge in [-0.05, 0) is 31.1 Å². The van der Waals surface area contributed by atoms with Crippen LogP contribution in [0.3, 0.4) is 0 Å². The Balaban J connectivity index is 2.43. The molecule has 0 saturated carbocycles. The quantitative estimate of drug-likeness (QED) is 0.508. The van der Waals surface area contributed by atoms with Crippen molar-refractivity contribution in [3.8, 4) is 0 Å². The summed E-state index contributed by atoms with van der Waals surface area (Å²) in [6.45, 7) is 0. The maximum atomic E-state index is 2.93. The number of hydrogen-bond donors (Lipinski definition) is 2. The lowest BCUT2D eigenvalue weighted by molar-refractivity contribution is 0.817. The van der Waals surface area contributed by atoms with Crippen LogP contribution in [-0.4, -0.2) is 7.05 Å². The average Bonchev–Trinajstić information content (AvgIpc) is 2.03. The third kappa shape index (κ3) is 2.39. The largest absolute Gasteiger partial charge is 0.251 e. The van der Waals surface area contributed by atoms with Crippen LogP contribution < -0.4 is 10.3 Å². The summed E-state index contributed by atoms with van der Waals surface area (Å²) in [5.74, 6) is 0. The zero-order valence-corrected chi connectivity index (χ0v) is 6.61. The highest BCUT2D eigenvalue weighted by Crippen LogP contribution is 2.11. The summed E-state index contributed by atoms with van der Waals surface area (Å²) < 4.78 is 0. The highest BCUT2D eigenvalue weighted by Gasteiger charge is 1.86. The van der Waals surface area contributed by atoms with Gasteiger partial charge in [0.15, 0.2) is 0 Å². The van der Waals surface area contributed by atoms with Gasteiger partial charge >= 0.3 is 0 Å². The van der Waals surface area contributed by atoms with Crippen LogP contribution in [0.2, 0.25) is 0 Å². The van der Waals surface area contributed by atoms with E-state index in [2.05, 4.69) is 22.4 Å². The molecule has 54 valence electrons. The van der Waals surface area contributed by atoms with Crippen molar-refractivity contribution in [2.45, 2.75) is 4.90 Å². The molecule has 0 fully saturated rings. The molecule has 0 atom stereocenters. The molecule has 0 heterocycles. The van der Waals surface area contributed by atoms with Gasteiger partial charge in [0.25, 0.3) is 0 Å². The zero-order chi connectivity index (χ0) is 7.23. The van der Waals surface area contributed by atoms with Gasteiger partial charge in [-0.15, -0.1) is 0 Å². The molecule has 1 rings (SSSR count). The standard InChI is InChI=1S/C7H10N2S/c1-8-9-10-7-5-3-2-4-6-7/h2-6,8-9H,1H3. The summed E-state index contributed by atoms with van der Waals surface area (Å²) in [5.41, 5.74) is 2.83. The lowest BCUT2D eigenvalue weighted by Gasteiger charge is -1.99. The molecule has 2 N–H and O–H groups in total. The van der Waals surface area contributed by atoms with E-state index in [0.29, 0.717) is 0 Å². The van der Waals surface area contributed by atoms with E-state index in [-0.39, 0.29) is 0 Å². The van der Waals surface area contributed by atoms with Gasteiger partial charge < -0.3 is 0 Å². The van der Waals surface area contributed by atoms with Gasteiger partial charge in [-0.3, -0.25) is 5.43 Å². The second-order valence-corrected chi connectivity index (χ2v) is 2.65. The number of nitrogens with one attached hydrogen (secondary N) is 2. The summed E-state index contributed by atoms with van der Waals surface area (Å²) >= 11 is 1.56. The lowest BCUT2D eigenvalue weighted by atomic mass is 10.4. The third-order valence-electron chi connectivity index (χ3n) is 1.01. The van der Waals surface area contributed by atoms with E-state index in [4.69, 9.17) is 0 Å². The summed E-state index contributed by atoms with van der Waals surface area (Å²) in [7, 11) is 1.84. The molecule has 0 aliphatic heterocycles. The van der Waals surface area contributed by atoms with Gasteiger partial charge in [0.2, 0.25) is 0 Å². The molecule has 10 heavy (non-hydrogen) atoms. The Bertz CT molecular complexity index is 176. The third-order valence-corrected chi connectivity index (χ3v) is 1.83. The Morgan fingerprint density at radius 1 is 1.20 bits per heavy atom. The fourth-order valence-corrected chi connectivity index (χ4v) is 1.11. The first-order valence-electron chi connectivity index (χ1n) is 3.07. The van der Waals surface area contributed by atoms with E-state index >= 15 is 0 Å². The molecule has 1 aromatic carbocycles. The minimum absolute atomic E-state index is 1.21. The predicted molar refractivity (Wildman–Crippen MR) is 44.5 cm³/mol. The molecule has 0 unspecified atom stereocenters. The van der Waals surface area contributed by atoms with E-state index < -0.39 is 0 Å². The summed E-state index contributed by atoms with van der Waals surface area (Å²) in [6, 6.07) is 10.1. The average molecular weight is 154 g/mol. The van der Waals surface area contributed by atoms with E-state index in [0.717, 1.165) is 0 Å². The number of benzene rings is 1. The van der Waals surface area contributed by atoms with Crippen molar-refractivity contribution < 1.29 is 0 Å². The van der Waals surface area contributed by atoms with Crippen LogP contribution in [0.25, 0.3) is 0 Å². The molecule has 0 saturated heterocycles. The smallest absolute Gasteiger partial charge is 0.0240 e. The number of hydrazine groups is 1. The van der Waals surface area contributed by atoms with Crippen LogP contribution in [0, 0.1) is 0 Å². The van der Waals surface area contributed by atoms with Crippen molar-refractivity contribution in [2.75, 3.05) is 7.05 Å². The highest BCUT2D eigenvalue weighted by molar-refractivity contribution is 7.97. The Kier molecular flexibility index (Phi) is 3.29. The van der Waals surface area contributed by atoms with Crippen LogP contribution in [0.5, 0.6) is 0 Å². The van der Waals surface area contributed by atoms with E-state index in [9.17, 15) is 0 Å². The summed E-state index contributed by atoms with van der Waals surface area (Å²) in [4.78, 5) is 4.14. The van der Waals surface area contributed by atoms with Crippen LogP contribution in [-0.2, 0) is 0 Å². The second-order valence-electron chi connectivity index (χ2n) is 1.77. The predicted octanol–water partition coefficient (Wildman–Crippen LogP) is 1.42. The number of rotatable bonds is 3. The Labute approximate surface area is 65.1 Å². The minimum Gasteiger partial charge on any atom is -0.251 e. The molecule has 0 spiro atoms. The van der Waals surface area contributed by atoms with Crippen LogP contribution >= 0.6 is 11.9 Å². The first kappa shape index (κ1) is 7.60.